The van der Waals surface area contributed by atoms with E-state index in [2.05, 4.69) is 15.8 Å². The van der Waals surface area contributed by atoms with Crippen LogP contribution in [0, 0.1) is 0 Å². The molecule has 1 aliphatic rings. The van der Waals surface area contributed by atoms with Crippen LogP contribution in [0.4, 0.5) is 0 Å². The Bertz CT molecular complexity index is 669. The molecule has 2 N–H and O–H groups in total. The second-order valence-corrected chi connectivity index (χ2v) is 5.87. The number of amides is 3. The molecule has 1 aromatic rings. The van der Waals surface area contributed by atoms with Crippen molar-refractivity contribution in [1.29, 1.82) is 0 Å². The average molecular weight is 360 g/mol. The van der Waals surface area contributed by atoms with Crippen LogP contribution in [0.25, 0.3) is 0 Å². The molecule has 1 fully saturated rings. The highest BCUT2D eigenvalue weighted by Crippen LogP contribution is 2.16. The van der Waals surface area contributed by atoms with Crippen LogP contribution in [0.15, 0.2) is 29.4 Å². The summed E-state index contributed by atoms with van der Waals surface area (Å²) in [5.41, 5.74) is 2.76. The molecule has 8 heteroatoms. The molecule has 0 radical (unpaired) electrons. The fraction of sp³-hybridized carbons (Fsp3) is 0.444. The van der Waals surface area contributed by atoms with Crippen LogP contribution in [-0.4, -0.2) is 55.1 Å². The molecular formula is C18H24N4O4. The van der Waals surface area contributed by atoms with Crippen LogP contribution in [0.2, 0.25) is 0 Å². The smallest absolute Gasteiger partial charge is 0.329 e. The van der Waals surface area contributed by atoms with Gasteiger partial charge in [-0.3, -0.25) is 14.4 Å². The van der Waals surface area contributed by atoms with E-state index in [0.717, 1.165) is 32.4 Å². The highest BCUT2D eigenvalue weighted by Gasteiger charge is 2.18. The summed E-state index contributed by atoms with van der Waals surface area (Å²) < 4.78 is 5.60. The third kappa shape index (κ3) is 5.87. The maximum Gasteiger partial charge on any atom is 0.329 e. The lowest BCUT2D eigenvalue weighted by Crippen LogP contribution is -2.38. The summed E-state index contributed by atoms with van der Waals surface area (Å²) in [6.07, 6.45) is 4.17. The Hall–Kier alpha value is -2.90. The van der Waals surface area contributed by atoms with Gasteiger partial charge in [-0.05, 0) is 31.4 Å². The second kappa shape index (κ2) is 10.2. The van der Waals surface area contributed by atoms with Crippen molar-refractivity contribution in [3.63, 3.8) is 0 Å². The van der Waals surface area contributed by atoms with E-state index in [-0.39, 0.29) is 12.5 Å². The number of rotatable bonds is 7. The zero-order chi connectivity index (χ0) is 18.8. The maximum absolute atomic E-state index is 12.1. The molecule has 0 aromatic heterocycles. The first kappa shape index (κ1) is 19.4. The van der Waals surface area contributed by atoms with Gasteiger partial charge in [0.1, 0.15) is 5.75 Å². The average Bonchev–Trinajstić information content (AvgIpc) is 3.19. The number of ether oxygens (including phenoxy) is 1. The zero-order valence-corrected chi connectivity index (χ0v) is 14.9. The molecule has 0 saturated carbocycles. The molecule has 1 saturated heterocycles. The summed E-state index contributed by atoms with van der Waals surface area (Å²) in [4.78, 5) is 36.9. The van der Waals surface area contributed by atoms with E-state index in [1.807, 2.05) is 6.92 Å². The summed E-state index contributed by atoms with van der Waals surface area (Å²) in [5, 5.41) is 6.24. The monoisotopic (exact) mass is 360 g/mol. The Morgan fingerprint density at radius 2 is 1.92 bits per heavy atom. The maximum atomic E-state index is 12.1. The zero-order valence-electron chi connectivity index (χ0n) is 14.9. The van der Waals surface area contributed by atoms with Gasteiger partial charge in [0.25, 0.3) is 5.91 Å². The number of nitrogens with one attached hydrogen (secondary N) is 2. The van der Waals surface area contributed by atoms with Crippen molar-refractivity contribution in [2.75, 3.05) is 26.2 Å². The van der Waals surface area contributed by atoms with Crippen molar-refractivity contribution in [3.05, 3.63) is 29.8 Å². The summed E-state index contributed by atoms with van der Waals surface area (Å²) in [5.74, 6) is -1.13. The fourth-order valence-electron chi connectivity index (χ4n) is 2.45. The number of benzene rings is 1. The van der Waals surface area contributed by atoms with Gasteiger partial charge in [0.2, 0.25) is 0 Å². The minimum atomic E-state index is -0.836. The third-order valence-electron chi connectivity index (χ3n) is 3.84. The molecule has 0 bridgehead atoms. The molecule has 8 nitrogen and oxygen atoms in total. The molecule has 0 spiro atoms. The summed E-state index contributed by atoms with van der Waals surface area (Å²) in [7, 11) is 0. The van der Waals surface area contributed by atoms with Gasteiger partial charge in [-0.2, -0.15) is 5.10 Å². The van der Waals surface area contributed by atoms with Crippen molar-refractivity contribution in [2.24, 2.45) is 5.10 Å². The molecule has 0 atom stereocenters. The predicted molar refractivity (Wildman–Crippen MR) is 96.8 cm³/mol. The van der Waals surface area contributed by atoms with E-state index in [9.17, 15) is 14.4 Å². The molecule has 1 aliphatic heterocycles. The fourth-order valence-corrected chi connectivity index (χ4v) is 2.45. The van der Waals surface area contributed by atoms with E-state index in [4.69, 9.17) is 4.74 Å². The van der Waals surface area contributed by atoms with Crippen molar-refractivity contribution >= 4 is 23.9 Å². The quantitative estimate of drug-likeness (QED) is 0.424. The number of nitrogens with zero attached hydrogens (tertiary/aromatic N) is 2. The number of hydrogen-bond acceptors (Lipinski definition) is 5. The number of hydrogen-bond donors (Lipinski definition) is 2. The Balaban J connectivity index is 1.88. The van der Waals surface area contributed by atoms with E-state index in [1.54, 1.807) is 29.2 Å². The summed E-state index contributed by atoms with van der Waals surface area (Å²) >= 11 is 0. The van der Waals surface area contributed by atoms with Crippen LogP contribution in [0.5, 0.6) is 5.75 Å². The normalized spacial score (nSPS) is 13.7. The highest BCUT2D eigenvalue weighted by atomic mass is 16.5. The van der Waals surface area contributed by atoms with Crippen LogP contribution < -0.4 is 15.5 Å². The predicted octanol–water partition coefficient (Wildman–Crippen LogP) is 0.664. The Morgan fingerprint density at radius 1 is 1.19 bits per heavy atom. The lowest BCUT2D eigenvalue weighted by molar-refractivity contribution is -0.139. The van der Waals surface area contributed by atoms with Crippen LogP contribution in [0.3, 0.4) is 0 Å². The van der Waals surface area contributed by atoms with Gasteiger partial charge in [-0.25, -0.2) is 5.43 Å². The minimum absolute atomic E-state index is 0.0450. The van der Waals surface area contributed by atoms with Gasteiger partial charge in [0.05, 0.1) is 6.21 Å². The van der Waals surface area contributed by atoms with Gasteiger partial charge in [-0.15, -0.1) is 0 Å². The molecule has 2 rings (SSSR count). The van der Waals surface area contributed by atoms with Gasteiger partial charge in [-0.1, -0.05) is 19.1 Å². The van der Waals surface area contributed by atoms with Crippen molar-refractivity contribution < 1.29 is 19.1 Å². The molecule has 26 heavy (non-hydrogen) atoms. The van der Waals surface area contributed by atoms with E-state index < -0.39 is 11.8 Å². The number of hydrazone groups is 1. The Labute approximate surface area is 152 Å². The molecule has 0 aliphatic carbocycles. The first-order valence-corrected chi connectivity index (χ1v) is 8.72. The number of carbonyl (C=O) groups excluding carboxylic acids is 3. The van der Waals surface area contributed by atoms with Crippen LogP contribution in [-0.2, 0) is 14.4 Å². The minimum Gasteiger partial charge on any atom is -0.483 e. The first-order valence-electron chi connectivity index (χ1n) is 8.72. The Morgan fingerprint density at radius 3 is 2.65 bits per heavy atom. The van der Waals surface area contributed by atoms with Gasteiger partial charge < -0.3 is 15.0 Å². The molecule has 140 valence electrons. The highest BCUT2D eigenvalue weighted by molar-refractivity contribution is 6.35. The van der Waals surface area contributed by atoms with Crippen molar-refractivity contribution in [1.82, 2.24) is 15.6 Å². The topological polar surface area (TPSA) is 100 Å². The molecule has 1 heterocycles. The third-order valence-corrected chi connectivity index (χ3v) is 3.84. The number of carbonyl (C=O) groups is 3. The lowest BCUT2D eigenvalue weighted by Gasteiger charge is -2.16. The first-order chi connectivity index (χ1) is 12.6. The van der Waals surface area contributed by atoms with Crippen LogP contribution >= 0.6 is 0 Å². The second-order valence-electron chi connectivity index (χ2n) is 5.87. The lowest BCUT2D eigenvalue weighted by atomic mass is 10.2. The number of para-hydroxylation sites is 1. The van der Waals surface area contributed by atoms with Gasteiger partial charge in [0, 0.05) is 25.2 Å². The molecule has 1 aromatic carbocycles. The van der Waals surface area contributed by atoms with Crippen molar-refractivity contribution in [2.45, 2.75) is 26.2 Å². The summed E-state index contributed by atoms with van der Waals surface area (Å²) in [6.45, 7) is 3.82. The molecular weight excluding hydrogens is 336 g/mol. The SMILES string of the molecule is CCCNC(=O)C(=O)N/N=C\c1ccccc1OCC(=O)N1CCCC1. The number of likely N-dealkylation sites (tertiary alicyclic amines) is 1. The Kier molecular flexibility index (Phi) is 7.60. The van der Waals surface area contributed by atoms with E-state index >= 15 is 0 Å². The van der Waals surface area contributed by atoms with Gasteiger partial charge in [0.15, 0.2) is 6.61 Å². The molecule has 0 unspecified atom stereocenters. The summed E-state index contributed by atoms with van der Waals surface area (Å²) in [6, 6.07) is 7.02. The molecule has 3 amide bonds. The van der Waals surface area contributed by atoms with Gasteiger partial charge >= 0.3 is 11.8 Å². The largest absolute Gasteiger partial charge is 0.483 e. The standard InChI is InChI=1S/C18H24N4O4/c1-2-9-19-17(24)18(25)21-20-12-14-7-3-4-8-15(14)26-13-16(23)22-10-5-6-11-22/h3-4,7-8,12H,2,5-6,9-11,13H2,1H3,(H,19,24)(H,21,25)/b20-12-. The van der Waals surface area contributed by atoms with Crippen molar-refractivity contribution in [3.8, 4) is 5.75 Å². The van der Waals surface area contributed by atoms with E-state index in [0.29, 0.717) is 17.9 Å². The van der Waals surface area contributed by atoms with Crippen LogP contribution in [0.1, 0.15) is 31.7 Å². The van der Waals surface area contributed by atoms with E-state index in [1.165, 1.54) is 6.21 Å².